The molecule has 1 aromatic heterocycles. The van der Waals surface area contributed by atoms with Crippen LogP contribution in [0, 0.1) is 0 Å². The predicted octanol–water partition coefficient (Wildman–Crippen LogP) is 2.91. The molecule has 1 aliphatic rings. The smallest absolute Gasteiger partial charge is 0.287 e. The van der Waals surface area contributed by atoms with Crippen molar-refractivity contribution in [2.75, 3.05) is 19.0 Å². The van der Waals surface area contributed by atoms with Crippen LogP contribution in [0.1, 0.15) is 17.4 Å². The van der Waals surface area contributed by atoms with Crippen LogP contribution in [-0.2, 0) is 14.8 Å². The molecule has 0 fully saturated rings. The molecule has 2 heterocycles. The van der Waals surface area contributed by atoms with Crippen molar-refractivity contribution >= 4 is 43.4 Å². The Kier molecular flexibility index (Phi) is 5.79. The Labute approximate surface area is 186 Å². The van der Waals surface area contributed by atoms with Crippen molar-refractivity contribution in [1.29, 1.82) is 0 Å². The molecule has 1 aliphatic heterocycles. The highest BCUT2D eigenvalue weighted by Gasteiger charge is 2.29. The van der Waals surface area contributed by atoms with E-state index in [-0.39, 0.29) is 23.0 Å². The van der Waals surface area contributed by atoms with Crippen LogP contribution in [0.4, 0.5) is 5.69 Å². The minimum atomic E-state index is -4.01. The summed E-state index contributed by atoms with van der Waals surface area (Å²) in [5.74, 6) is -0.358. The molecule has 31 heavy (non-hydrogen) atoms. The third kappa shape index (κ3) is 4.47. The number of carbonyl (C=O) groups is 1. The third-order valence-electron chi connectivity index (χ3n) is 4.61. The molecule has 1 amide bonds. The lowest BCUT2D eigenvalue weighted by Crippen LogP contribution is -2.40. The van der Waals surface area contributed by atoms with Crippen molar-refractivity contribution in [2.45, 2.75) is 10.8 Å². The van der Waals surface area contributed by atoms with Gasteiger partial charge in [-0.2, -0.15) is 8.42 Å². The van der Waals surface area contributed by atoms with Gasteiger partial charge in [0.1, 0.15) is 16.9 Å². The van der Waals surface area contributed by atoms with Crippen molar-refractivity contribution in [3.8, 4) is 5.75 Å². The molecule has 3 aromatic rings. The van der Waals surface area contributed by atoms with Gasteiger partial charge in [0.2, 0.25) is 11.7 Å². The van der Waals surface area contributed by atoms with Gasteiger partial charge in [0, 0.05) is 11.0 Å². The minimum Gasteiger partial charge on any atom is -0.497 e. The first-order valence-electron chi connectivity index (χ1n) is 9.10. The van der Waals surface area contributed by atoms with Gasteiger partial charge >= 0.3 is 0 Å². The standard InChI is InChI=1S/C20H17BrN4O5S/c1-29-14-4-2-3-12(9-14)15(20-22-7-8-30-20)11-23-19(26)18-24-16-6-5-13(21)10-17(16)31(27,28)25-18/h2-10,15H,11H2,1H3,(H,23,26)(H,24,25). The molecule has 2 N–H and O–H groups in total. The second kappa shape index (κ2) is 8.52. The van der Waals surface area contributed by atoms with Crippen molar-refractivity contribution in [2.24, 2.45) is 4.40 Å². The number of oxazole rings is 1. The van der Waals surface area contributed by atoms with Crippen molar-refractivity contribution in [3.05, 3.63) is 70.9 Å². The summed E-state index contributed by atoms with van der Waals surface area (Å²) in [6.07, 6.45) is 2.96. The lowest BCUT2D eigenvalue weighted by Gasteiger charge is -2.19. The van der Waals surface area contributed by atoms with E-state index in [2.05, 4.69) is 35.9 Å². The molecule has 0 radical (unpaired) electrons. The van der Waals surface area contributed by atoms with E-state index < -0.39 is 21.8 Å². The fourth-order valence-electron chi connectivity index (χ4n) is 3.12. The van der Waals surface area contributed by atoms with Gasteiger partial charge in [-0.3, -0.25) is 4.79 Å². The summed E-state index contributed by atoms with van der Waals surface area (Å²) in [4.78, 5) is 16.9. The van der Waals surface area contributed by atoms with Crippen molar-refractivity contribution < 1.29 is 22.4 Å². The summed E-state index contributed by atoms with van der Waals surface area (Å²) in [6.45, 7) is 0.0977. The monoisotopic (exact) mass is 504 g/mol. The van der Waals surface area contributed by atoms with Gasteiger partial charge in [0.25, 0.3) is 15.9 Å². The summed E-state index contributed by atoms with van der Waals surface area (Å²) in [6, 6.07) is 12.0. The quantitative estimate of drug-likeness (QED) is 0.528. The zero-order valence-electron chi connectivity index (χ0n) is 16.2. The first-order valence-corrected chi connectivity index (χ1v) is 11.3. The number of hydrogen-bond donors (Lipinski definition) is 2. The molecule has 0 aliphatic carbocycles. The van der Waals surface area contributed by atoms with E-state index in [9.17, 15) is 13.2 Å². The maximum Gasteiger partial charge on any atom is 0.287 e. The first kappa shape index (κ1) is 21.1. The number of amidine groups is 1. The van der Waals surface area contributed by atoms with Gasteiger partial charge in [-0.05, 0) is 35.9 Å². The van der Waals surface area contributed by atoms with Crippen LogP contribution >= 0.6 is 15.9 Å². The number of nitrogens with one attached hydrogen (secondary N) is 2. The van der Waals surface area contributed by atoms with Crippen molar-refractivity contribution in [1.82, 2.24) is 10.3 Å². The molecule has 9 nitrogen and oxygen atoms in total. The van der Waals surface area contributed by atoms with E-state index in [1.165, 1.54) is 18.5 Å². The molecule has 1 atom stereocenters. The molecule has 4 rings (SSSR count). The van der Waals surface area contributed by atoms with E-state index in [4.69, 9.17) is 9.15 Å². The minimum absolute atomic E-state index is 0.00697. The number of carbonyl (C=O) groups excluding carboxylic acids is 1. The van der Waals surface area contributed by atoms with Crippen LogP contribution in [-0.4, -0.2) is 38.8 Å². The SMILES string of the molecule is COc1cccc(C(CNC(=O)C2=NS(=O)(=O)c3cc(Br)ccc3N2)c2ncco2)c1. The molecule has 11 heteroatoms. The summed E-state index contributed by atoms with van der Waals surface area (Å²) in [5, 5.41) is 5.48. The number of halogens is 1. The fraction of sp³-hybridized carbons (Fsp3) is 0.150. The number of nitrogens with zero attached hydrogens (tertiary/aromatic N) is 2. The number of fused-ring (bicyclic) bond motifs is 1. The normalized spacial score (nSPS) is 15.2. The Morgan fingerprint density at radius 1 is 1.29 bits per heavy atom. The summed E-state index contributed by atoms with van der Waals surface area (Å²) in [5.41, 5.74) is 1.09. The van der Waals surface area contributed by atoms with Crippen LogP contribution in [0.2, 0.25) is 0 Å². The molecular weight excluding hydrogens is 488 g/mol. The van der Waals surface area contributed by atoms with Crippen LogP contribution in [0.25, 0.3) is 0 Å². The first-order chi connectivity index (χ1) is 14.9. The number of rotatable bonds is 6. The van der Waals surface area contributed by atoms with E-state index in [1.807, 2.05) is 18.2 Å². The maximum atomic E-state index is 12.7. The average molecular weight is 505 g/mol. The summed E-state index contributed by atoms with van der Waals surface area (Å²) >= 11 is 3.23. The second-order valence-corrected chi connectivity index (χ2v) is 9.08. The average Bonchev–Trinajstić information content (AvgIpc) is 3.28. The van der Waals surface area contributed by atoms with E-state index >= 15 is 0 Å². The lowest BCUT2D eigenvalue weighted by molar-refractivity contribution is -0.114. The zero-order valence-corrected chi connectivity index (χ0v) is 18.6. The number of methoxy groups -OCH3 is 1. The van der Waals surface area contributed by atoms with Gasteiger partial charge in [-0.15, -0.1) is 4.40 Å². The molecule has 1 unspecified atom stereocenters. The Morgan fingerprint density at radius 2 is 2.13 bits per heavy atom. The zero-order chi connectivity index (χ0) is 22.0. The van der Waals surface area contributed by atoms with Crippen LogP contribution < -0.4 is 15.4 Å². The van der Waals surface area contributed by atoms with Crippen LogP contribution in [0.5, 0.6) is 5.75 Å². The summed E-state index contributed by atoms with van der Waals surface area (Å²) < 4.78 is 39.9. The number of sulfonamides is 1. The van der Waals surface area contributed by atoms with E-state index in [0.717, 1.165) is 5.56 Å². The molecule has 2 aromatic carbocycles. The van der Waals surface area contributed by atoms with Gasteiger partial charge in [-0.25, -0.2) is 4.98 Å². The highest BCUT2D eigenvalue weighted by atomic mass is 79.9. The number of amides is 1. The molecule has 0 spiro atoms. The number of ether oxygens (including phenoxy) is 1. The second-order valence-electron chi connectivity index (χ2n) is 6.59. The van der Waals surface area contributed by atoms with Gasteiger partial charge in [-0.1, -0.05) is 28.1 Å². The van der Waals surface area contributed by atoms with E-state index in [1.54, 1.807) is 25.3 Å². The lowest BCUT2D eigenvalue weighted by atomic mass is 9.98. The third-order valence-corrected chi connectivity index (χ3v) is 6.42. The number of benzene rings is 2. The van der Waals surface area contributed by atoms with Crippen molar-refractivity contribution in [3.63, 3.8) is 0 Å². The van der Waals surface area contributed by atoms with E-state index in [0.29, 0.717) is 16.1 Å². The number of hydrogen-bond acceptors (Lipinski definition) is 7. The Balaban J connectivity index is 1.56. The maximum absolute atomic E-state index is 12.7. The van der Waals surface area contributed by atoms with Gasteiger partial charge < -0.3 is 19.8 Å². The topological polar surface area (TPSA) is 123 Å². The van der Waals surface area contributed by atoms with Gasteiger partial charge in [0.05, 0.1) is 24.9 Å². The molecular formula is C20H17BrN4O5S. The Bertz CT molecular complexity index is 1260. The Hall–Kier alpha value is -3.18. The predicted molar refractivity (Wildman–Crippen MR) is 117 cm³/mol. The fourth-order valence-corrected chi connectivity index (χ4v) is 4.77. The van der Waals surface area contributed by atoms with Gasteiger partial charge in [0.15, 0.2) is 0 Å². The number of anilines is 1. The Morgan fingerprint density at radius 3 is 2.87 bits per heavy atom. The highest BCUT2D eigenvalue weighted by Crippen LogP contribution is 2.30. The highest BCUT2D eigenvalue weighted by molar-refractivity contribution is 9.10. The molecule has 0 bridgehead atoms. The molecule has 0 saturated carbocycles. The molecule has 160 valence electrons. The largest absolute Gasteiger partial charge is 0.497 e. The van der Waals surface area contributed by atoms with Crippen LogP contribution in [0.3, 0.4) is 0 Å². The van der Waals surface area contributed by atoms with Crippen LogP contribution in [0.15, 0.2) is 73.1 Å². The molecule has 0 saturated heterocycles. The summed E-state index contributed by atoms with van der Waals surface area (Å²) in [7, 11) is -2.45. The number of aromatic nitrogens is 1.